The molecule has 2 N–H and O–H groups in total. The number of nitrogens with one attached hydrogen (secondary N) is 1. The summed E-state index contributed by atoms with van der Waals surface area (Å²) in [4.78, 5) is 34.5. The molecule has 0 bridgehead atoms. The first-order chi connectivity index (χ1) is 24.2. The van der Waals surface area contributed by atoms with Gasteiger partial charge in [0.05, 0.1) is 26.9 Å². The molecule has 2 atom stereocenters. The zero-order valence-electron chi connectivity index (χ0n) is 27.8. The molecule has 1 aromatic heterocycles. The number of aromatic amines is 1. The van der Waals surface area contributed by atoms with E-state index < -0.39 is 24.1 Å². The number of H-pyrrole nitrogens is 1. The predicted molar refractivity (Wildman–Crippen MR) is 185 cm³/mol. The van der Waals surface area contributed by atoms with Crippen molar-refractivity contribution in [1.29, 1.82) is 0 Å². The Labute approximate surface area is 308 Å². The molecule has 3 heterocycles. The highest BCUT2D eigenvalue weighted by atomic mass is 35.5. The molecule has 2 aliphatic heterocycles. The summed E-state index contributed by atoms with van der Waals surface area (Å²) in [5.74, 6) is 0.559. The number of amides is 1. The minimum Gasteiger partial charge on any atom is -0.870 e. The van der Waals surface area contributed by atoms with Crippen molar-refractivity contribution in [3.63, 3.8) is 0 Å². The van der Waals surface area contributed by atoms with E-state index in [0.717, 1.165) is 31.5 Å². The van der Waals surface area contributed by atoms with Gasteiger partial charge in [-0.3, -0.25) is 9.69 Å². The van der Waals surface area contributed by atoms with Gasteiger partial charge in [-0.1, -0.05) is 29.3 Å². The van der Waals surface area contributed by atoms with Crippen molar-refractivity contribution in [1.82, 2.24) is 9.80 Å². The number of benzene rings is 2. The number of hydrogen-bond acceptors (Lipinski definition) is 10. The number of morpholine rings is 1. The van der Waals surface area contributed by atoms with E-state index in [1.807, 2.05) is 6.07 Å². The number of halogens is 4. The first kappa shape index (κ1) is 38.8. The highest BCUT2D eigenvalue weighted by molar-refractivity contribution is 8.00. The molecule has 276 valence electrons. The van der Waals surface area contributed by atoms with E-state index in [2.05, 4.69) is 9.88 Å². The molecule has 2 aromatic carbocycles. The topological polar surface area (TPSA) is 131 Å². The number of hydrogen-bond donors (Lipinski definition) is 0. The van der Waals surface area contributed by atoms with E-state index in [9.17, 15) is 18.4 Å². The average molecular weight is 771 g/mol. The summed E-state index contributed by atoms with van der Waals surface area (Å²) in [6, 6.07) is 9.71. The molecule has 1 amide bonds. The standard InChI is InChI=1S/C35H37Cl2F2N3O7S.H2O/c1-45-28-6-5-23(14-24(28)19-41-8-11-46-12-9-41)32(43)42-10-13-50-33(42)34(44)48-30(16-25-26(36)17-40-18-27(25)37)22-4-7-29(49-35(38)39)31(15-22)47-20-21-2-3-21;/h4-7,14-15,17-18,21,30,33,35H,2-3,8-13,16,19-20H2,1H3;1H2/t30-,33?;/m0./s1. The monoisotopic (exact) mass is 769 g/mol. The van der Waals surface area contributed by atoms with Gasteiger partial charge in [-0.2, -0.15) is 8.78 Å². The van der Waals surface area contributed by atoms with Gasteiger partial charge >= 0.3 is 12.6 Å². The van der Waals surface area contributed by atoms with Gasteiger partial charge in [-0.25, -0.2) is 9.78 Å². The van der Waals surface area contributed by atoms with E-state index in [4.69, 9.17) is 46.9 Å². The molecular weight excluding hydrogens is 731 g/mol. The fourth-order valence-corrected chi connectivity index (χ4v) is 7.51. The van der Waals surface area contributed by atoms with Crippen LogP contribution in [0.2, 0.25) is 10.0 Å². The number of aromatic nitrogens is 1. The van der Waals surface area contributed by atoms with Crippen molar-refractivity contribution in [3.8, 4) is 17.2 Å². The quantitative estimate of drug-likeness (QED) is 0.183. The van der Waals surface area contributed by atoms with E-state index in [1.54, 1.807) is 31.6 Å². The summed E-state index contributed by atoms with van der Waals surface area (Å²) in [5.41, 5.74) is 2.25. The van der Waals surface area contributed by atoms with E-state index >= 15 is 0 Å². The molecule has 51 heavy (non-hydrogen) atoms. The van der Waals surface area contributed by atoms with Crippen LogP contribution in [-0.2, 0) is 27.2 Å². The van der Waals surface area contributed by atoms with Crippen molar-refractivity contribution in [2.45, 2.75) is 43.9 Å². The Balaban J connectivity index is 0.00000504. The number of alkyl halides is 2. The van der Waals surface area contributed by atoms with Gasteiger partial charge in [0.2, 0.25) is 0 Å². The number of thioether (sulfide) groups is 1. The van der Waals surface area contributed by atoms with Crippen LogP contribution >= 0.6 is 35.0 Å². The molecule has 3 aliphatic rings. The number of carbonyl (C=O) groups is 2. The molecule has 0 radical (unpaired) electrons. The van der Waals surface area contributed by atoms with Crippen LogP contribution in [0.3, 0.4) is 0 Å². The van der Waals surface area contributed by atoms with Crippen molar-refractivity contribution < 1.29 is 52.5 Å². The predicted octanol–water partition coefficient (Wildman–Crippen LogP) is 5.90. The number of ether oxygens (including phenoxy) is 5. The lowest BCUT2D eigenvalue weighted by Gasteiger charge is -2.28. The van der Waals surface area contributed by atoms with Crippen LogP contribution < -0.4 is 19.2 Å². The molecular formula is C35H39Cl2F2N3O8S. The maximum Gasteiger partial charge on any atom is 0.387 e. The fraction of sp³-hybridized carbons (Fsp3) is 0.457. The summed E-state index contributed by atoms with van der Waals surface area (Å²) < 4.78 is 54.3. The molecule has 2 saturated heterocycles. The lowest BCUT2D eigenvalue weighted by atomic mass is 10.0. The normalized spacial score (nSPS) is 18.2. The van der Waals surface area contributed by atoms with Crippen molar-refractivity contribution >= 4 is 46.8 Å². The summed E-state index contributed by atoms with van der Waals surface area (Å²) in [7, 11) is 1.59. The van der Waals surface area contributed by atoms with Gasteiger partial charge in [-0.05, 0) is 54.7 Å². The lowest BCUT2D eigenvalue weighted by Crippen LogP contribution is -2.41. The second-order valence-electron chi connectivity index (χ2n) is 12.2. The molecule has 11 nitrogen and oxygen atoms in total. The Hall–Kier alpha value is -3.40. The van der Waals surface area contributed by atoms with Crippen LogP contribution in [0.25, 0.3) is 0 Å². The SMILES string of the molecule is COc1ccc(C(=O)N2CCSC2C(=O)O[C@@H](Cc2c(Cl)c[nH+]cc2Cl)c2ccc(OC(F)F)c(OCC3CC3)c2)cc1CN1CCOCC1.[OH-]. The van der Waals surface area contributed by atoms with Gasteiger partial charge in [0.15, 0.2) is 29.3 Å². The van der Waals surface area contributed by atoms with Crippen LogP contribution in [0.1, 0.15) is 46.0 Å². The van der Waals surface area contributed by atoms with Crippen molar-refractivity contribution in [2.24, 2.45) is 5.92 Å². The van der Waals surface area contributed by atoms with Crippen LogP contribution in [0.5, 0.6) is 17.2 Å². The molecule has 1 aliphatic carbocycles. The second kappa shape index (κ2) is 17.9. The second-order valence-corrected chi connectivity index (χ2v) is 14.2. The van der Waals surface area contributed by atoms with Crippen LogP contribution in [-0.4, -0.2) is 91.5 Å². The minimum absolute atomic E-state index is 0. The van der Waals surface area contributed by atoms with Gasteiger partial charge < -0.3 is 34.1 Å². The number of esters is 1. The highest BCUT2D eigenvalue weighted by Crippen LogP contribution is 2.39. The minimum atomic E-state index is -3.06. The maximum atomic E-state index is 14.0. The fourth-order valence-electron chi connectivity index (χ4n) is 5.88. The molecule has 1 saturated carbocycles. The van der Waals surface area contributed by atoms with Gasteiger partial charge in [0.25, 0.3) is 5.91 Å². The largest absolute Gasteiger partial charge is 0.870 e. The van der Waals surface area contributed by atoms with Crippen molar-refractivity contribution in [2.75, 3.05) is 52.3 Å². The third-order valence-electron chi connectivity index (χ3n) is 8.75. The van der Waals surface area contributed by atoms with Gasteiger partial charge in [0.1, 0.15) is 21.9 Å². The number of pyridine rings is 1. The lowest BCUT2D eigenvalue weighted by molar-refractivity contribution is -0.377. The molecule has 3 fully saturated rings. The van der Waals surface area contributed by atoms with E-state index in [1.165, 1.54) is 34.9 Å². The summed E-state index contributed by atoms with van der Waals surface area (Å²) in [6.07, 6.45) is 4.19. The number of nitrogens with zero attached hydrogens (tertiary/aromatic N) is 2. The summed E-state index contributed by atoms with van der Waals surface area (Å²) in [6.45, 7) is 1.03. The van der Waals surface area contributed by atoms with Gasteiger partial charge in [-0.15, -0.1) is 11.8 Å². The van der Waals surface area contributed by atoms with Crippen molar-refractivity contribution in [3.05, 3.63) is 81.1 Å². The zero-order valence-corrected chi connectivity index (χ0v) is 30.2. The molecule has 3 aromatic rings. The van der Waals surface area contributed by atoms with Crippen LogP contribution in [0, 0.1) is 5.92 Å². The van der Waals surface area contributed by atoms with Crippen LogP contribution in [0.4, 0.5) is 8.78 Å². The smallest absolute Gasteiger partial charge is 0.387 e. The Morgan fingerprint density at radius 2 is 1.75 bits per heavy atom. The Morgan fingerprint density at radius 1 is 1.02 bits per heavy atom. The average Bonchev–Trinajstić information content (AvgIpc) is 3.81. The number of methoxy groups -OCH3 is 1. The number of rotatable bonds is 14. The maximum absolute atomic E-state index is 14.0. The molecule has 16 heteroatoms. The first-order valence-corrected chi connectivity index (χ1v) is 18.2. The highest BCUT2D eigenvalue weighted by Gasteiger charge is 2.38. The zero-order chi connectivity index (χ0) is 35.2. The molecule has 1 unspecified atom stereocenters. The first-order valence-electron chi connectivity index (χ1n) is 16.4. The Kier molecular flexibility index (Phi) is 13.6. The summed E-state index contributed by atoms with van der Waals surface area (Å²) >= 11 is 14.3. The van der Waals surface area contributed by atoms with E-state index in [0.29, 0.717) is 77.1 Å². The number of carbonyl (C=O) groups excluding carboxylic acids is 2. The van der Waals surface area contributed by atoms with Gasteiger partial charge in [0, 0.05) is 55.0 Å². The Bertz CT molecular complexity index is 1660. The molecule has 6 rings (SSSR count). The van der Waals surface area contributed by atoms with E-state index in [-0.39, 0.29) is 29.3 Å². The third kappa shape index (κ3) is 9.93. The summed E-state index contributed by atoms with van der Waals surface area (Å²) in [5, 5.41) is -0.293. The molecule has 0 spiro atoms. The van der Waals surface area contributed by atoms with Crippen LogP contribution in [0.15, 0.2) is 48.8 Å². The Morgan fingerprint density at radius 3 is 2.43 bits per heavy atom. The third-order valence-corrected chi connectivity index (χ3v) is 10.6.